The van der Waals surface area contributed by atoms with E-state index in [4.69, 9.17) is 4.42 Å². The van der Waals surface area contributed by atoms with Crippen molar-refractivity contribution in [2.45, 2.75) is 0 Å². The van der Waals surface area contributed by atoms with Crippen LogP contribution in [0.3, 0.4) is 0 Å². The van der Waals surface area contributed by atoms with Gasteiger partial charge in [-0.3, -0.25) is 10.2 Å². The minimum atomic E-state index is -0.169. The van der Waals surface area contributed by atoms with Gasteiger partial charge in [0.25, 0.3) is 5.91 Å². The van der Waals surface area contributed by atoms with Gasteiger partial charge in [-0.25, -0.2) is 4.98 Å². The quantitative estimate of drug-likeness (QED) is 0.574. The number of hydrogen-bond donors (Lipinski definition) is 1. The normalized spacial score (nSPS) is 11.2. The fraction of sp³-hybridized carbons (Fsp3) is 0.105. The molecule has 0 bridgehead atoms. The molecule has 0 atom stereocenters. The highest BCUT2D eigenvalue weighted by atomic mass is 16.3. The third kappa shape index (κ3) is 3.92. The number of benzene rings is 2. The highest BCUT2D eigenvalue weighted by molar-refractivity contribution is 6.45. The first-order valence-corrected chi connectivity index (χ1v) is 7.75. The second-order valence-electron chi connectivity index (χ2n) is 5.58. The summed E-state index contributed by atoms with van der Waals surface area (Å²) >= 11 is 0. The number of anilines is 1. The number of hydrazone groups is 1. The van der Waals surface area contributed by atoms with Gasteiger partial charge in [0, 0.05) is 25.2 Å². The predicted octanol–water partition coefficient (Wildman–Crippen LogP) is 3.25. The van der Waals surface area contributed by atoms with Gasteiger partial charge < -0.3 is 9.32 Å². The van der Waals surface area contributed by atoms with E-state index in [2.05, 4.69) is 15.5 Å². The first kappa shape index (κ1) is 16.4. The zero-order valence-electron chi connectivity index (χ0n) is 14.0. The Morgan fingerprint density at radius 1 is 1.08 bits per heavy atom. The van der Waals surface area contributed by atoms with Crippen LogP contribution in [0.25, 0.3) is 11.3 Å². The maximum atomic E-state index is 12.4. The average Bonchev–Trinajstić information content (AvgIpc) is 3.18. The molecule has 0 fully saturated rings. The van der Waals surface area contributed by atoms with E-state index in [9.17, 15) is 4.79 Å². The van der Waals surface area contributed by atoms with E-state index >= 15 is 0 Å². The Labute approximate surface area is 145 Å². The summed E-state index contributed by atoms with van der Waals surface area (Å²) in [7, 11) is 3.40. The molecule has 0 unspecified atom stereocenters. The van der Waals surface area contributed by atoms with Gasteiger partial charge in [0.05, 0.1) is 11.9 Å². The van der Waals surface area contributed by atoms with E-state index in [0.29, 0.717) is 11.5 Å². The van der Waals surface area contributed by atoms with Crippen LogP contribution < -0.4 is 5.43 Å². The van der Waals surface area contributed by atoms with Gasteiger partial charge in [-0.05, 0) is 24.3 Å². The van der Waals surface area contributed by atoms with Gasteiger partial charge >= 0.3 is 0 Å². The molecule has 0 saturated heterocycles. The Kier molecular flexibility index (Phi) is 4.89. The van der Waals surface area contributed by atoms with Crippen LogP contribution in [0.4, 0.5) is 5.69 Å². The molecule has 1 aromatic heterocycles. The third-order valence-corrected chi connectivity index (χ3v) is 3.55. The molecule has 3 aromatic rings. The van der Waals surface area contributed by atoms with Crippen molar-refractivity contribution >= 4 is 17.3 Å². The van der Waals surface area contributed by atoms with Crippen molar-refractivity contribution in [1.82, 2.24) is 9.88 Å². The molecular formula is C19H18N4O2. The van der Waals surface area contributed by atoms with Crippen LogP contribution in [-0.2, 0) is 4.79 Å². The summed E-state index contributed by atoms with van der Waals surface area (Å²) in [5, 5.41) is 4.32. The third-order valence-electron chi connectivity index (χ3n) is 3.55. The fourth-order valence-electron chi connectivity index (χ4n) is 2.23. The molecule has 6 nitrogen and oxygen atoms in total. The number of carbonyl (C=O) groups excluding carboxylic acids is 1. The van der Waals surface area contributed by atoms with E-state index in [0.717, 1.165) is 16.8 Å². The molecular weight excluding hydrogens is 316 g/mol. The number of nitrogens with one attached hydrogen (secondary N) is 1. The lowest BCUT2D eigenvalue weighted by atomic mass is 10.1. The molecule has 3 rings (SSSR count). The molecule has 0 spiro atoms. The van der Waals surface area contributed by atoms with Crippen LogP contribution in [-0.4, -0.2) is 35.6 Å². The summed E-state index contributed by atoms with van der Waals surface area (Å²) in [5.74, 6) is 0.528. The van der Waals surface area contributed by atoms with E-state index in [-0.39, 0.29) is 5.91 Å². The van der Waals surface area contributed by atoms with Crippen LogP contribution in [0.2, 0.25) is 0 Å². The van der Waals surface area contributed by atoms with Gasteiger partial charge in [-0.1, -0.05) is 30.3 Å². The monoisotopic (exact) mass is 334 g/mol. The molecule has 0 radical (unpaired) electrons. The molecule has 0 aliphatic carbocycles. The van der Waals surface area contributed by atoms with Crippen LogP contribution in [0.5, 0.6) is 0 Å². The van der Waals surface area contributed by atoms with Crippen molar-refractivity contribution in [2.75, 3.05) is 19.5 Å². The van der Waals surface area contributed by atoms with Crippen molar-refractivity contribution in [3.8, 4) is 11.3 Å². The number of hydrogen-bond acceptors (Lipinski definition) is 5. The number of rotatable bonds is 5. The van der Waals surface area contributed by atoms with E-state index in [1.807, 2.05) is 54.6 Å². The number of likely N-dealkylation sites (N-methyl/N-ethyl adjacent to an activating group) is 1. The summed E-state index contributed by atoms with van der Waals surface area (Å²) in [6.07, 6.45) is 3.05. The standard InChI is InChI=1S/C19H18N4O2/c1-23(2)19(24)18(15-6-4-3-5-7-15)22-21-16-10-8-14(9-11-16)17-12-20-13-25-17/h3-13,21H,1-2H3/b22-18-. The average molecular weight is 334 g/mol. The number of aromatic nitrogens is 1. The SMILES string of the molecule is CN(C)C(=O)/C(=N\Nc1ccc(-c2cnco2)cc1)c1ccccc1. The van der Waals surface area contributed by atoms with Gasteiger partial charge in [0.2, 0.25) is 0 Å². The smallest absolute Gasteiger partial charge is 0.274 e. The van der Waals surface area contributed by atoms with Crippen molar-refractivity contribution < 1.29 is 9.21 Å². The highest BCUT2D eigenvalue weighted by Gasteiger charge is 2.16. The predicted molar refractivity (Wildman–Crippen MR) is 97.2 cm³/mol. The summed E-state index contributed by atoms with van der Waals surface area (Å²) in [6, 6.07) is 16.9. The van der Waals surface area contributed by atoms with E-state index < -0.39 is 0 Å². The molecule has 1 N–H and O–H groups in total. The van der Waals surface area contributed by atoms with Crippen LogP contribution in [0, 0.1) is 0 Å². The van der Waals surface area contributed by atoms with E-state index in [1.165, 1.54) is 11.3 Å². The summed E-state index contributed by atoms with van der Waals surface area (Å²) in [6.45, 7) is 0. The molecule has 0 aliphatic heterocycles. The summed E-state index contributed by atoms with van der Waals surface area (Å²) in [4.78, 5) is 17.8. The van der Waals surface area contributed by atoms with Crippen molar-refractivity contribution in [3.05, 3.63) is 72.8 Å². The zero-order chi connectivity index (χ0) is 17.6. The minimum Gasteiger partial charge on any atom is -0.444 e. The Morgan fingerprint density at radius 3 is 2.40 bits per heavy atom. The molecule has 1 heterocycles. The maximum Gasteiger partial charge on any atom is 0.274 e. The zero-order valence-corrected chi connectivity index (χ0v) is 14.0. The van der Waals surface area contributed by atoms with Crippen LogP contribution in [0.15, 0.2) is 76.7 Å². The lowest BCUT2D eigenvalue weighted by molar-refractivity contribution is -0.121. The summed E-state index contributed by atoms with van der Waals surface area (Å²) in [5.41, 5.74) is 5.74. The topological polar surface area (TPSA) is 70.7 Å². The number of oxazole rings is 1. The number of carbonyl (C=O) groups is 1. The molecule has 126 valence electrons. The summed E-state index contributed by atoms with van der Waals surface area (Å²) < 4.78 is 5.26. The molecule has 6 heteroatoms. The molecule has 25 heavy (non-hydrogen) atoms. The lowest BCUT2D eigenvalue weighted by Gasteiger charge is -2.13. The van der Waals surface area contributed by atoms with Crippen molar-refractivity contribution in [1.29, 1.82) is 0 Å². The van der Waals surface area contributed by atoms with Crippen molar-refractivity contribution in [3.63, 3.8) is 0 Å². The first-order valence-electron chi connectivity index (χ1n) is 7.75. The molecule has 1 amide bonds. The van der Waals surface area contributed by atoms with Gasteiger partial charge in [0.15, 0.2) is 17.9 Å². The molecule has 0 aliphatic rings. The Hall–Kier alpha value is -3.41. The number of amides is 1. The van der Waals surface area contributed by atoms with Gasteiger partial charge in [-0.15, -0.1) is 0 Å². The first-order chi connectivity index (χ1) is 12.1. The Bertz CT molecular complexity index is 854. The minimum absolute atomic E-state index is 0.169. The molecule has 0 saturated carbocycles. The van der Waals surface area contributed by atoms with Gasteiger partial charge in [0.1, 0.15) is 0 Å². The Balaban J connectivity index is 1.82. The number of nitrogens with zero attached hydrogens (tertiary/aromatic N) is 3. The fourth-order valence-corrected chi connectivity index (χ4v) is 2.23. The maximum absolute atomic E-state index is 12.4. The van der Waals surface area contributed by atoms with Crippen LogP contribution in [0.1, 0.15) is 5.56 Å². The lowest BCUT2D eigenvalue weighted by Crippen LogP contribution is -2.31. The highest BCUT2D eigenvalue weighted by Crippen LogP contribution is 2.20. The second-order valence-corrected chi connectivity index (χ2v) is 5.58. The van der Waals surface area contributed by atoms with Crippen molar-refractivity contribution in [2.24, 2.45) is 5.10 Å². The largest absolute Gasteiger partial charge is 0.444 e. The van der Waals surface area contributed by atoms with Gasteiger partial charge in [-0.2, -0.15) is 5.10 Å². The van der Waals surface area contributed by atoms with Crippen LogP contribution >= 0.6 is 0 Å². The Morgan fingerprint density at radius 2 is 1.80 bits per heavy atom. The van der Waals surface area contributed by atoms with E-state index in [1.54, 1.807) is 20.3 Å². The second kappa shape index (κ2) is 7.44. The molecule has 2 aromatic carbocycles.